The number of Topliss-reactive ketones (excluding diaryl/α,β-unsaturated/α-hetero) is 1. The maximum Gasteiger partial charge on any atom is 0.160 e. The molecule has 0 aromatic heterocycles. The van der Waals surface area contributed by atoms with Crippen molar-refractivity contribution < 1.29 is 14.3 Å². The minimum Gasteiger partial charge on any atom is -0.380 e. The summed E-state index contributed by atoms with van der Waals surface area (Å²) < 4.78 is 10.6. The highest BCUT2D eigenvalue weighted by molar-refractivity contribution is 5.81. The summed E-state index contributed by atoms with van der Waals surface area (Å²) in [6.07, 6.45) is 0.845. The van der Waals surface area contributed by atoms with Crippen LogP contribution in [0.4, 0.5) is 0 Å². The van der Waals surface area contributed by atoms with Gasteiger partial charge in [0.05, 0.1) is 6.61 Å². The van der Waals surface area contributed by atoms with Crippen LogP contribution < -0.4 is 5.32 Å². The molecule has 0 saturated heterocycles. The van der Waals surface area contributed by atoms with E-state index in [0.29, 0.717) is 13.2 Å². The van der Waals surface area contributed by atoms with E-state index in [1.807, 2.05) is 13.8 Å². The summed E-state index contributed by atoms with van der Waals surface area (Å²) in [5.74, 6) is 0.226. The molecule has 0 atom stereocenters. The predicted octanol–water partition coefficient (Wildman–Crippen LogP) is 1.24. The standard InChI is InChI=1S/C12H25NO3/c1-4-13-6-9-15-7-5-8-16-10-12(14)11(2)3/h11,13H,4-10H2,1-3H3. The van der Waals surface area contributed by atoms with Gasteiger partial charge in [-0.25, -0.2) is 0 Å². The zero-order valence-corrected chi connectivity index (χ0v) is 10.8. The number of ether oxygens (including phenoxy) is 2. The number of ketones is 1. The van der Waals surface area contributed by atoms with E-state index >= 15 is 0 Å². The van der Waals surface area contributed by atoms with E-state index < -0.39 is 0 Å². The molecular formula is C12H25NO3. The van der Waals surface area contributed by atoms with Gasteiger partial charge in [-0.2, -0.15) is 0 Å². The van der Waals surface area contributed by atoms with Crippen molar-refractivity contribution in [2.75, 3.05) is 39.5 Å². The van der Waals surface area contributed by atoms with Crippen LogP contribution in [-0.4, -0.2) is 45.3 Å². The van der Waals surface area contributed by atoms with Crippen LogP contribution in [0.5, 0.6) is 0 Å². The second kappa shape index (κ2) is 11.0. The zero-order valence-electron chi connectivity index (χ0n) is 10.8. The lowest BCUT2D eigenvalue weighted by molar-refractivity contribution is -0.126. The zero-order chi connectivity index (χ0) is 12.2. The highest BCUT2D eigenvalue weighted by Gasteiger charge is 2.06. The van der Waals surface area contributed by atoms with Crippen LogP contribution in [0.25, 0.3) is 0 Å². The Labute approximate surface area is 98.7 Å². The van der Waals surface area contributed by atoms with Crippen molar-refractivity contribution in [2.24, 2.45) is 5.92 Å². The number of hydrogen-bond donors (Lipinski definition) is 1. The van der Waals surface area contributed by atoms with Gasteiger partial charge in [0.15, 0.2) is 5.78 Å². The Kier molecular flexibility index (Phi) is 10.7. The monoisotopic (exact) mass is 231 g/mol. The first-order chi connectivity index (χ1) is 7.68. The third-order valence-electron chi connectivity index (χ3n) is 2.14. The average Bonchev–Trinajstić information content (AvgIpc) is 2.26. The van der Waals surface area contributed by atoms with Gasteiger partial charge < -0.3 is 14.8 Å². The second-order valence-corrected chi connectivity index (χ2v) is 3.99. The molecule has 0 aromatic carbocycles. The van der Waals surface area contributed by atoms with Crippen LogP contribution >= 0.6 is 0 Å². The fraction of sp³-hybridized carbons (Fsp3) is 0.917. The third-order valence-corrected chi connectivity index (χ3v) is 2.14. The maximum absolute atomic E-state index is 11.2. The maximum atomic E-state index is 11.2. The molecule has 0 amide bonds. The predicted molar refractivity (Wildman–Crippen MR) is 64.6 cm³/mol. The lowest BCUT2D eigenvalue weighted by Crippen LogP contribution is -2.19. The fourth-order valence-electron chi connectivity index (χ4n) is 1.03. The Bertz CT molecular complexity index is 172. The van der Waals surface area contributed by atoms with E-state index in [2.05, 4.69) is 12.2 Å². The molecule has 0 aromatic rings. The highest BCUT2D eigenvalue weighted by atomic mass is 16.5. The molecule has 0 heterocycles. The summed E-state index contributed by atoms with van der Waals surface area (Å²) in [5.41, 5.74) is 0. The molecule has 0 fully saturated rings. The van der Waals surface area contributed by atoms with Gasteiger partial charge >= 0.3 is 0 Å². The first kappa shape index (κ1) is 15.6. The summed E-state index contributed by atoms with van der Waals surface area (Å²) in [7, 11) is 0. The molecule has 0 aliphatic heterocycles. The van der Waals surface area contributed by atoms with Crippen LogP contribution in [-0.2, 0) is 14.3 Å². The number of carbonyl (C=O) groups excluding carboxylic acids is 1. The SMILES string of the molecule is CCNCCOCCCOCC(=O)C(C)C. The Hall–Kier alpha value is -0.450. The Morgan fingerprint density at radius 2 is 1.88 bits per heavy atom. The van der Waals surface area contributed by atoms with Gasteiger partial charge in [-0.15, -0.1) is 0 Å². The van der Waals surface area contributed by atoms with Crippen LogP contribution in [0.1, 0.15) is 27.2 Å². The molecule has 0 unspecified atom stereocenters. The fourth-order valence-corrected chi connectivity index (χ4v) is 1.03. The summed E-state index contributed by atoms with van der Waals surface area (Å²) in [5, 5.41) is 3.18. The molecule has 0 saturated carbocycles. The van der Waals surface area contributed by atoms with Crippen molar-refractivity contribution in [3.63, 3.8) is 0 Å². The average molecular weight is 231 g/mol. The smallest absolute Gasteiger partial charge is 0.160 e. The van der Waals surface area contributed by atoms with Crippen LogP contribution in [0.3, 0.4) is 0 Å². The highest BCUT2D eigenvalue weighted by Crippen LogP contribution is 1.95. The summed E-state index contributed by atoms with van der Waals surface area (Å²) in [6.45, 7) is 9.96. The summed E-state index contributed by atoms with van der Waals surface area (Å²) in [6, 6.07) is 0. The van der Waals surface area contributed by atoms with Crippen molar-refractivity contribution >= 4 is 5.78 Å². The molecule has 0 aliphatic rings. The van der Waals surface area contributed by atoms with Gasteiger partial charge in [0, 0.05) is 25.7 Å². The quantitative estimate of drug-likeness (QED) is 0.544. The summed E-state index contributed by atoms with van der Waals surface area (Å²) in [4.78, 5) is 11.2. The van der Waals surface area contributed by atoms with Gasteiger partial charge in [-0.3, -0.25) is 4.79 Å². The van der Waals surface area contributed by atoms with Crippen LogP contribution in [0.15, 0.2) is 0 Å². The van der Waals surface area contributed by atoms with E-state index in [1.54, 1.807) is 0 Å². The van der Waals surface area contributed by atoms with Gasteiger partial charge in [0.2, 0.25) is 0 Å². The topological polar surface area (TPSA) is 47.6 Å². The van der Waals surface area contributed by atoms with Gasteiger partial charge in [-0.05, 0) is 13.0 Å². The molecule has 16 heavy (non-hydrogen) atoms. The number of nitrogens with one attached hydrogen (secondary N) is 1. The lowest BCUT2D eigenvalue weighted by Gasteiger charge is -2.06. The minimum absolute atomic E-state index is 0.0661. The van der Waals surface area contributed by atoms with Gasteiger partial charge in [0.1, 0.15) is 6.61 Å². The lowest BCUT2D eigenvalue weighted by atomic mass is 10.1. The van der Waals surface area contributed by atoms with Crippen LogP contribution in [0, 0.1) is 5.92 Å². The molecule has 1 N–H and O–H groups in total. The molecule has 0 aliphatic carbocycles. The number of rotatable bonds is 11. The number of hydrogen-bond acceptors (Lipinski definition) is 4. The molecule has 4 heteroatoms. The van der Waals surface area contributed by atoms with Crippen molar-refractivity contribution in [3.05, 3.63) is 0 Å². The molecule has 4 nitrogen and oxygen atoms in total. The Morgan fingerprint density at radius 3 is 2.50 bits per heavy atom. The number of carbonyl (C=O) groups is 1. The second-order valence-electron chi connectivity index (χ2n) is 3.99. The van der Waals surface area contributed by atoms with E-state index in [0.717, 1.165) is 26.1 Å². The van der Waals surface area contributed by atoms with Crippen molar-refractivity contribution in [1.29, 1.82) is 0 Å². The number of likely N-dealkylation sites (N-methyl/N-ethyl adjacent to an activating group) is 1. The van der Waals surface area contributed by atoms with E-state index in [9.17, 15) is 4.79 Å². The first-order valence-electron chi connectivity index (χ1n) is 6.07. The van der Waals surface area contributed by atoms with Gasteiger partial charge in [-0.1, -0.05) is 20.8 Å². The molecule has 96 valence electrons. The van der Waals surface area contributed by atoms with Gasteiger partial charge in [0.25, 0.3) is 0 Å². The molecular weight excluding hydrogens is 206 g/mol. The first-order valence-corrected chi connectivity index (χ1v) is 6.07. The van der Waals surface area contributed by atoms with Crippen molar-refractivity contribution in [1.82, 2.24) is 5.32 Å². The minimum atomic E-state index is 0.0661. The normalized spacial score (nSPS) is 11.0. The van der Waals surface area contributed by atoms with E-state index in [1.165, 1.54) is 0 Å². The van der Waals surface area contributed by atoms with Crippen molar-refractivity contribution in [3.8, 4) is 0 Å². The Balaban J connectivity index is 3.07. The van der Waals surface area contributed by atoms with E-state index in [4.69, 9.17) is 9.47 Å². The Morgan fingerprint density at radius 1 is 1.19 bits per heavy atom. The van der Waals surface area contributed by atoms with Crippen LogP contribution in [0.2, 0.25) is 0 Å². The molecule has 0 radical (unpaired) electrons. The molecule has 0 rings (SSSR count). The molecule has 0 bridgehead atoms. The largest absolute Gasteiger partial charge is 0.380 e. The molecule has 0 spiro atoms. The summed E-state index contributed by atoms with van der Waals surface area (Å²) >= 11 is 0. The third kappa shape index (κ3) is 10.1. The van der Waals surface area contributed by atoms with E-state index in [-0.39, 0.29) is 18.3 Å². The van der Waals surface area contributed by atoms with Crippen molar-refractivity contribution in [2.45, 2.75) is 27.2 Å².